The number of pyridine rings is 2. The number of hydrogen-bond acceptors (Lipinski definition) is 4. The van der Waals surface area contributed by atoms with E-state index < -0.39 is 5.97 Å². The lowest BCUT2D eigenvalue weighted by Crippen LogP contribution is -2.02. The first-order valence-electron chi connectivity index (χ1n) is 4.74. The molecule has 0 saturated carbocycles. The molecule has 2 rings (SSSR count). The van der Waals surface area contributed by atoms with Crippen molar-refractivity contribution in [3.63, 3.8) is 0 Å². The van der Waals surface area contributed by atoms with Gasteiger partial charge in [-0.15, -0.1) is 0 Å². The van der Waals surface area contributed by atoms with Gasteiger partial charge in [0.05, 0.1) is 16.2 Å². The van der Waals surface area contributed by atoms with Crippen LogP contribution in [-0.2, 0) is 0 Å². The van der Waals surface area contributed by atoms with Crippen molar-refractivity contribution < 1.29 is 14.6 Å². The summed E-state index contributed by atoms with van der Waals surface area (Å²) < 4.78 is 5.32. The molecule has 5 nitrogen and oxygen atoms in total. The summed E-state index contributed by atoms with van der Waals surface area (Å²) in [5.74, 6) is -0.774. The SMILES string of the molecule is O=C(O)c1nc(Oc2cncc(Cl)c2)ccc1Cl. The molecule has 0 aliphatic heterocycles. The molecule has 0 aliphatic rings. The fourth-order valence-electron chi connectivity index (χ4n) is 1.20. The molecule has 18 heavy (non-hydrogen) atoms. The first-order valence-corrected chi connectivity index (χ1v) is 5.50. The zero-order chi connectivity index (χ0) is 13.1. The minimum absolute atomic E-state index is 0.0408. The van der Waals surface area contributed by atoms with E-state index in [4.69, 9.17) is 33.0 Å². The highest BCUT2D eigenvalue weighted by atomic mass is 35.5. The van der Waals surface area contributed by atoms with Gasteiger partial charge in [0.1, 0.15) is 5.75 Å². The van der Waals surface area contributed by atoms with Crippen LogP contribution < -0.4 is 4.74 Å². The summed E-state index contributed by atoms with van der Waals surface area (Å²) in [7, 11) is 0. The smallest absolute Gasteiger partial charge is 0.356 e. The Hall–Kier alpha value is -1.85. The van der Waals surface area contributed by atoms with E-state index in [0.717, 1.165) is 0 Å². The van der Waals surface area contributed by atoms with Crippen LogP contribution in [0.5, 0.6) is 11.6 Å². The van der Waals surface area contributed by atoms with Crippen molar-refractivity contribution in [3.8, 4) is 11.6 Å². The first-order chi connectivity index (χ1) is 8.56. The Morgan fingerprint density at radius 3 is 2.72 bits per heavy atom. The van der Waals surface area contributed by atoms with E-state index in [0.29, 0.717) is 10.8 Å². The van der Waals surface area contributed by atoms with Crippen LogP contribution >= 0.6 is 23.2 Å². The first kappa shape index (κ1) is 12.6. The summed E-state index contributed by atoms with van der Waals surface area (Å²) in [4.78, 5) is 18.4. The number of hydrogen-bond donors (Lipinski definition) is 1. The van der Waals surface area contributed by atoms with Crippen LogP contribution in [0.4, 0.5) is 0 Å². The normalized spacial score (nSPS) is 10.1. The summed E-state index contributed by atoms with van der Waals surface area (Å²) in [6, 6.07) is 4.38. The number of halogens is 2. The quantitative estimate of drug-likeness (QED) is 0.936. The zero-order valence-electron chi connectivity index (χ0n) is 8.80. The van der Waals surface area contributed by atoms with Gasteiger partial charge >= 0.3 is 5.97 Å². The van der Waals surface area contributed by atoms with Crippen molar-refractivity contribution in [1.82, 2.24) is 9.97 Å². The Morgan fingerprint density at radius 1 is 1.28 bits per heavy atom. The largest absolute Gasteiger partial charge is 0.476 e. The van der Waals surface area contributed by atoms with Crippen LogP contribution in [-0.4, -0.2) is 21.0 Å². The molecular formula is C11H6Cl2N2O3. The highest BCUT2D eigenvalue weighted by molar-refractivity contribution is 6.33. The van der Waals surface area contributed by atoms with E-state index in [-0.39, 0.29) is 16.6 Å². The number of nitrogens with zero attached hydrogens (tertiary/aromatic N) is 2. The predicted octanol–water partition coefficient (Wildman–Crippen LogP) is 3.27. The zero-order valence-corrected chi connectivity index (χ0v) is 10.3. The van der Waals surface area contributed by atoms with Crippen molar-refractivity contribution in [2.45, 2.75) is 0 Å². The van der Waals surface area contributed by atoms with Gasteiger partial charge in [0.15, 0.2) is 5.69 Å². The Balaban J connectivity index is 2.30. The molecule has 2 aromatic heterocycles. The number of aromatic carboxylic acids is 1. The van der Waals surface area contributed by atoms with Crippen LogP contribution in [0, 0.1) is 0 Å². The van der Waals surface area contributed by atoms with Gasteiger partial charge in [-0.2, -0.15) is 0 Å². The average molecular weight is 285 g/mol. The summed E-state index contributed by atoms with van der Waals surface area (Å²) in [6.07, 6.45) is 2.88. The number of carboxylic acid groups (broad SMARTS) is 1. The van der Waals surface area contributed by atoms with Crippen LogP contribution in [0.1, 0.15) is 10.5 Å². The van der Waals surface area contributed by atoms with Crippen molar-refractivity contribution in [3.05, 3.63) is 46.3 Å². The second-order valence-electron chi connectivity index (χ2n) is 3.23. The molecule has 0 amide bonds. The summed E-state index contributed by atoms with van der Waals surface area (Å²) in [5.41, 5.74) is -0.274. The molecule has 0 radical (unpaired) electrons. The molecule has 0 unspecified atom stereocenters. The van der Waals surface area contributed by atoms with Gasteiger partial charge in [0, 0.05) is 18.3 Å². The minimum Gasteiger partial charge on any atom is -0.476 e. The van der Waals surface area contributed by atoms with Gasteiger partial charge in [-0.3, -0.25) is 4.98 Å². The molecular weight excluding hydrogens is 279 g/mol. The third-order valence-corrected chi connectivity index (χ3v) is 2.44. The lowest BCUT2D eigenvalue weighted by molar-refractivity contribution is 0.0690. The molecule has 0 saturated heterocycles. The van der Waals surface area contributed by atoms with E-state index >= 15 is 0 Å². The van der Waals surface area contributed by atoms with E-state index in [9.17, 15) is 4.79 Å². The van der Waals surface area contributed by atoms with Gasteiger partial charge < -0.3 is 9.84 Å². The molecule has 2 heterocycles. The van der Waals surface area contributed by atoms with Gasteiger partial charge in [-0.05, 0) is 6.07 Å². The standard InChI is InChI=1S/C11H6Cl2N2O3/c12-6-3-7(5-14-4-6)18-9-2-1-8(13)10(15-9)11(16)17/h1-5H,(H,16,17). The van der Waals surface area contributed by atoms with E-state index in [1.165, 1.54) is 30.6 Å². The number of rotatable bonds is 3. The van der Waals surface area contributed by atoms with Crippen molar-refractivity contribution in [2.75, 3.05) is 0 Å². The highest BCUT2D eigenvalue weighted by Gasteiger charge is 2.12. The lowest BCUT2D eigenvalue weighted by Gasteiger charge is -2.05. The second kappa shape index (κ2) is 5.20. The van der Waals surface area contributed by atoms with Gasteiger partial charge in [-0.1, -0.05) is 23.2 Å². The molecule has 0 aliphatic carbocycles. The van der Waals surface area contributed by atoms with Crippen molar-refractivity contribution >= 4 is 29.2 Å². The van der Waals surface area contributed by atoms with Crippen molar-refractivity contribution in [2.24, 2.45) is 0 Å². The van der Waals surface area contributed by atoms with Gasteiger partial charge in [-0.25, -0.2) is 9.78 Å². The van der Waals surface area contributed by atoms with Gasteiger partial charge in [0.25, 0.3) is 0 Å². The van der Waals surface area contributed by atoms with Gasteiger partial charge in [0.2, 0.25) is 5.88 Å². The summed E-state index contributed by atoms with van der Waals surface area (Å²) >= 11 is 11.4. The number of carbonyl (C=O) groups is 1. The Labute approximate surface area is 112 Å². The molecule has 1 N–H and O–H groups in total. The number of aromatic nitrogens is 2. The van der Waals surface area contributed by atoms with E-state index in [1.54, 1.807) is 0 Å². The third kappa shape index (κ3) is 2.88. The second-order valence-corrected chi connectivity index (χ2v) is 4.07. The molecule has 7 heteroatoms. The van der Waals surface area contributed by atoms with Crippen LogP contribution in [0.3, 0.4) is 0 Å². The maximum atomic E-state index is 10.8. The fraction of sp³-hybridized carbons (Fsp3) is 0. The molecule has 0 spiro atoms. The topological polar surface area (TPSA) is 72.3 Å². The Morgan fingerprint density at radius 2 is 2.06 bits per heavy atom. The van der Waals surface area contributed by atoms with Crippen molar-refractivity contribution in [1.29, 1.82) is 0 Å². The minimum atomic E-state index is -1.23. The molecule has 0 aromatic carbocycles. The summed E-state index contributed by atoms with van der Waals surface area (Å²) in [5, 5.41) is 9.31. The maximum Gasteiger partial charge on any atom is 0.356 e. The summed E-state index contributed by atoms with van der Waals surface area (Å²) in [6.45, 7) is 0. The Kier molecular flexibility index (Phi) is 3.64. The fourth-order valence-corrected chi connectivity index (χ4v) is 1.55. The number of ether oxygens (including phenoxy) is 1. The molecule has 0 fully saturated rings. The molecule has 2 aromatic rings. The number of carboxylic acids is 1. The third-order valence-electron chi connectivity index (χ3n) is 1.93. The Bertz CT molecular complexity index is 605. The van der Waals surface area contributed by atoms with Crippen LogP contribution in [0.15, 0.2) is 30.6 Å². The predicted molar refractivity (Wildman–Crippen MR) is 65.5 cm³/mol. The van der Waals surface area contributed by atoms with E-state index in [2.05, 4.69) is 9.97 Å². The molecule has 0 atom stereocenters. The van der Waals surface area contributed by atoms with Crippen LogP contribution in [0.25, 0.3) is 0 Å². The highest BCUT2D eigenvalue weighted by Crippen LogP contribution is 2.24. The van der Waals surface area contributed by atoms with E-state index in [1.807, 2.05) is 0 Å². The average Bonchev–Trinajstić information content (AvgIpc) is 2.31. The maximum absolute atomic E-state index is 10.8. The molecule has 92 valence electrons. The monoisotopic (exact) mass is 284 g/mol. The lowest BCUT2D eigenvalue weighted by atomic mass is 10.3. The molecule has 0 bridgehead atoms. The van der Waals surface area contributed by atoms with Crippen LogP contribution in [0.2, 0.25) is 10.0 Å².